The number of nitrogens with zero attached hydrogens (tertiary/aromatic N) is 1. The van der Waals surface area contributed by atoms with E-state index in [4.69, 9.17) is 4.74 Å². The lowest BCUT2D eigenvalue weighted by Gasteiger charge is -2.24. The fourth-order valence-electron chi connectivity index (χ4n) is 1.86. The SMILES string of the molecule is CCN(CCOc1cccc(Br)c1)CC(=O)NC(C)(C)C. The molecule has 0 saturated heterocycles. The zero-order valence-corrected chi connectivity index (χ0v) is 14.9. The number of nitrogens with one attached hydrogen (secondary N) is 1. The number of halogens is 1. The second-order valence-corrected chi connectivity index (χ2v) is 6.89. The Morgan fingerprint density at radius 2 is 2.10 bits per heavy atom. The summed E-state index contributed by atoms with van der Waals surface area (Å²) in [6, 6.07) is 7.76. The van der Waals surface area contributed by atoms with Crippen molar-refractivity contribution in [1.82, 2.24) is 10.2 Å². The Kier molecular flexibility index (Phi) is 7.18. The molecule has 21 heavy (non-hydrogen) atoms. The highest BCUT2D eigenvalue weighted by Crippen LogP contribution is 2.17. The fraction of sp³-hybridized carbons (Fsp3) is 0.562. The van der Waals surface area contributed by atoms with E-state index in [0.717, 1.165) is 23.3 Å². The van der Waals surface area contributed by atoms with Crippen LogP contribution >= 0.6 is 15.9 Å². The molecule has 0 aliphatic rings. The number of carbonyl (C=O) groups is 1. The van der Waals surface area contributed by atoms with Crippen LogP contribution in [0.5, 0.6) is 5.75 Å². The molecule has 1 amide bonds. The van der Waals surface area contributed by atoms with E-state index in [1.54, 1.807) is 0 Å². The lowest BCUT2D eigenvalue weighted by Crippen LogP contribution is -2.46. The Hall–Kier alpha value is -1.07. The number of amides is 1. The van der Waals surface area contributed by atoms with Crippen molar-refractivity contribution < 1.29 is 9.53 Å². The maximum absolute atomic E-state index is 11.9. The van der Waals surface area contributed by atoms with Crippen LogP contribution in [0.25, 0.3) is 0 Å². The molecule has 0 fully saturated rings. The van der Waals surface area contributed by atoms with E-state index in [0.29, 0.717) is 13.2 Å². The molecule has 0 aliphatic carbocycles. The van der Waals surface area contributed by atoms with Crippen molar-refractivity contribution in [3.05, 3.63) is 28.7 Å². The Morgan fingerprint density at radius 3 is 2.67 bits per heavy atom. The van der Waals surface area contributed by atoms with Crippen LogP contribution in [0.2, 0.25) is 0 Å². The van der Waals surface area contributed by atoms with Gasteiger partial charge in [0.05, 0.1) is 6.54 Å². The molecule has 1 aromatic rings. The molecular weight excluding hydrogens is 332 g/mol. The molecule has 0 unspecified atom stereocenters. The number of carbonyl (C=O) groups excluding carboxylic acids is 1. The summed E-state index contributed by atoms with van der Waals surface area (Å²) in [4.78, 5) is 14.0. The van der Waals surface area contributed by atoms with E-state index in [-0.39, 0.29) is 11.4 Å². The molecule has 0 spiro atoms. The third-order valence-corrected chi connectivity index (χ3v) is 3.29. The van der Waals surface area contributed by atoms with E-state index in [1.165, 1.54) is 0 Å². The van der Waals surface area contributed by atoms with Crippen molar-refractivity contribution in [2.45, 2.75) is 33.2 Å². The molecule has 1 N–H and O–H groups in total. The summed E-state index contributed by atoms with van der Waals surface area (Å²) in [6.07, 6.45) is 0. The minimum Gasteiger partial charge on any atom is -0.492 e. The van der Waals surface area contributed by atoms with Crippen molar-refractivity contribution in [2.75, 3.05) is 26.2 Å². The first kappa shape index (κ1) is 18.0. The van der Waals surface area contributed by atoms with Gasteiger partial charge in [0.15, 0.2) is 0 Å². The maximum Gasteiger partial charge on any atom is 0.234 e. The average molecular weight is 357 g/mol. The van der Waals surface area contributed by atoms with Gasteiger partial charge in [-0.15, -0.1) is 0 Å². The molecule has 1 rings (SSSR count). The van der Waals surface area contributed by atoms with Crippen LogP contribution in [0.15, 0.2) is 28.7 Å². The van der Waals surface area contributed by atoms with Gasteiger partial charge in [-0.05, 0) is 45.5 Å². The molecule has 0 aromatic heterocycles. The monoisotopic (exact) mass is 356 g/mol. The first-order valence-corrected chi connectivity index (χ1v) is 8.01. The standard InChI is InChI=1S/C16H25BrN2O2/c1-5-19(12-15(20)18-16(2,3)4)9-10-21-14-8-6-7-13(17)11-14/h6-8,11H,5,9-10,12H2,1-4H3,(H,18,20). The third-order valence-electron chi connectivity index (χ3n) is 2.80. The van der Waals surface area contributed by atoms with E-state index in [9.17, 15) is 4.79 Å². The van der Waals surface area contributed by atoms with E-state index in [1.807, 2.05) is 52.0 Å². The highest BCUT2D eigenvalue weighted by atomic mass is 79.9. The molecular formula is C16H25BrN2O2. The van der Waals surface area contributed by atoms with Crippen LogP contribution in [-0.2, 0) is 4.79 Å². The number of hydrogen-bond acceptors (Lipinski definition) is 3. The third kappa shape index (κ3) is 8.07. The summed E-state index contributed by atoms with van der Waals surface area (Å²) in [5.74, 6) is 0.881. The highest BCUT2D eigenvalue weighted by molar-refractivity contribution is 9.10. The van der Waals surface area contributed by atoms with Gasteiger partial charge in [-0.3, -0.25) is 9.69 Å². The van der Waals surface area contributed by atoms with Gasteiger partial charge >= 0.3 is 0 Å². The van der Waals surface area contributed by atoms with E-state index in [2.05, 4.69) is 26.1 Å². The smallest absolute Gasteiger partial charge is 0.234 e. The quantitative estimate of drug-likeness (QED) is 0.816. The van der Waals surface area contributed by atoms with Crippen LogP contribution in [0, 0.1) is 0 Å². The minimum atomic E-state index is -0.191. The van der Waals surface area contributed by atoms with Gasteiger partial charge in [-0.1, -0.05) is 28.9 Å². The second-order valence-electron chi connectivity index (χ2n) is 5.97. The topological polar surface area (TPSA) is 41.6 Å². The first-order valence-electron chi connectivity index (χ1n) is 7.22. The fourth-order valence-corrected chi connectivity index (χ4v) is 2.24. The molecule has 0 atom stereocenters. The van der Waals surface area contributed by atoms with Crippen molar-refractivity contribution in [2.24, 2.45) is 0 Å². The van der Waals surface area contributed by atoms with E-state index < -0.39 is 0 Å². The lowest BCUT2D eigenvalue weighted by atomic mass is 10.1. The van der Waals surface area contributed by atoms with Crippen molar-refractivity contribution in [3.8, 4) is 5.75 Å². The number of benzene rings is 1. The van der Waals surface area contributed by atoms with Crippen LogP contribution in [0.3, 0.4) is 0 Å². The molecule has 0 saturated carbocycles. The Labute approximate surface area is 136 Å². The minimum absolute atomic E-state index is 0.0480. The van der Waals surface area contributed by atoms with Gasteiger partial charge in [0.25, 0.3) is 0 Å². The number of hydrogen-bond donors (Lipinski definition) is 1. The van der Waals surface area contributed by atoms with Crippen molar-refractivity contribution in [1.29, 1.82) is 0 Å². The predicted molar refractivity (Wildman–Crippen MR) is 89.6 cm³/mol. The molecule has 118 valence electrons. The lowest BCUT2D eigenvalue weighted by molar-refractivity contribution is -0.123. The van der Waals surface area contributed by atoms with E-state index >= 15 is 0 Å². The molecule has 0 aliphatic heterocycles. The number of rotatable bonds is 7. The summed E-state index contributed by atoms with van der Waals surface area (Å²) >= 11 is 3.41. The Balaban J connectivity index is 2.36. The summed E-state index contributed by atoms with van der Waals surface area (Å²) in [7, 11) is 0. The van der Waals surface area contributed by atoms with Gasteiger partial charge in [-0.2, -0.15) is 0 Å². The van der Waals surface area contributed by atoms with Gasteiger partial charge in [0.2, 0.25) is 5.91 Å². The molecule has 0 radical (unpaired) electrons. The van der Waals surface area contributed by atoms with Gasteiger partial charge in [0.1, 0.15) is 12.4 Å². The van der Waals surface area contributed by atoms with Crippen molar-refractivity contribution >= 4 is 21.8 Å². The highest BCUT2D eigenvalue weighted by Gasteiger charge is 2.15. The molecule has 0 heterocycles. The summed E-state index contributed by atoms with van der Waals surface area (Å²) in [6.45, 7) is 10.5. The zero-order valence-electron chi connectivity index (χ0n) is 13.3. The zero-order chi connectivity index (χ0) is 15.9. The molecule has 1 aromatic carbocycles. The Morgan fingerprint density at radius 1 is 1.38 bits per heavy atom. The summed E-state index contributed by atoms with van der Waals surface area (Å²) in [5, 5.41) is 2.97. The van der Waals surface area contributed by atoms with Crippen molar-refractivity contribution in [3.63, 3.8) is 0 Å². The van der Waals surface area contributed by atoms with Crippen LogP contribution < -0.4 is 10.1 Å². The Bertz CT molecular complexity index is 458. The number of likely N-dealkylation sites (N-methyl/N-ethyl adjacent to an activating group) is 1. The summed E-state index contributed by atoms with van der Waals surface area (Å²) < 4.78 is 6.70. The average Bonchev–Trinajstić information content (AvgIpc) is 2.35. The molecule has 5 heteroatoms. The predicted octanol–water partition coefficient (Wildman–Crippen LogP) is 3.06. The summed E-state index contributed by atoms with van der Waals surface area (Å²) in [5.41, 5.74) is -0.191. The van der Waals surface area contributed by atoms with Crippen LogP contribution in [-0.4, -0.2) is 42.6 Å². The van der Waals surface area contributed by atoms with Gasteiger partial charge in [-0.25, -0.2) is 0 Å². The maximum atomic E-state index is 11.9. The largest absolute Gasteiger partial charge is 0.492 e. The van der Waals surface area contributed by atoms with Gasteiger partial charge in [0, 0.05) is 16.6 Å². The van der Waals surface area contributed by atoms with Gasteiger partial charge < -0.3 is 10.1 Å². The number of ether oxygens (including phenoxy) is 1. The molecule has 4 nitrogen and oxygen atoms in total. The second kappa shape index (κ2) is 8.39. The first-order chi connectivity index (χ1) is 9.80. The molecule has 0 bridgehead atoms. The van der Waals surface area contributed by atoms with Crippen LogP contribution in [0.4, 0.5) is 0 Å². The van der Waals surface area contributed by atoms with Crippen LogP contribution in [0.1, 0.15) is 27.7 Å². The normalized spacial score (nSPS) is 11.5.